The number of ether oxygens (including phenoxy) is 1. The van der Waals surface area contributed by atoms with Gasteiger partial charge >= 0.3 is 5.97 Å². The molecule has 0 spiro atoms. The third-order valence-electron chi connectivity index (χ3n) is 4.38. The van der Waals surface area contributed by atoms with E-state index in [1.807, 2.05) is 56.2 Å². The van der Waals surface area contributed by atoms with Gasteiger partial charge in [-0.1, -0.05) is 32.9 Å². The standard InChI is InChI=1S/C20H27N3O4.ClH/c1-20(2,3)17(13-24)21-18(25)12-23-10-9-22(14-23)11-15-5-7-16(8-6-15)19(26)27-4;/h5-10,14,17,24H,11-13H2,1-4H3;1H/t17-;/m1./s1. The highest BCUT2D eigenvalue weighted by molar-refractivity contribution is 5.89. The third kappa shape index (κ3) is 6.65. The zero-order valence-corrected chi connectivity index (χ0v) is 17.4. The number of carbonyl (C=O) groups excluding carboxylic acids is 2. The number of nitrogens with zero attached hydrogens (tertiary/aromatic N) is 2. The molecule has 1 aromatic carbocycles. The van der Waals surface area contributed by atoms with Crippen LogP contribution in [0.2, 0.25) is 0 Å². The number of aliphatic hydroxyl groups is 1. The molecule has 8 heteroatoms. The molecule has 0 bridgehead atoms. The first kappa shape index (κ1) is 23.7. The van der Waals surface area contributed by atoms with Gasteiger partial charge in [-0.2, -0.15) is 0 Å². The fourth-order valence-electron chi connectivity index (χ4n) is 2.64. The Morgan fingerprint density at radius 3 is 2.43 bits per heavy atom. The van der Waals surface area contributed by atoms with E-state index in [1.165, 1.54) is 7.11 Å². The first-order valence-corrected chi connectivity index (χ1v) is 8.85. The monoisotopic (exact) mass is 409 g/mol. The average molecular weight is 410 g/mol. The molecular formula is C20H28ClN3O4. The van der Waals surface area contributed by atoms with Crippen LogP contribution < -0.4 is 22.3 Å². The largest absolute Gasteiger partial charge is 1.00 e. The first-order valence-electron chi connectivity index (χ1n) is 8.85. The smallest absolute Gasteiger partial charge is 0.337 e. The van der Waals surface area contributed by atoms with Crippen molar-refractivity contribution in [1.29, 1.82) is 0 Å². The number of aliphatic hydroxyl groups excluding tert-OH is 1. The third-order valence-corrected chi connectivity index (χ3v) is 4.38. The maximum absolute atomic E-state index is 12.2. The van der Waals surface area contributed by atoms with Crippen LogP contribution >= 0.6 is 0 Å². The lowest BCUT2D eigenvalue weighted by atomic mass is 9.87. The SMILES string of the molecule is COC(=O)c1ccc(C[n+]2ccn(CC(=O)N[C@H](CO)C(C)(C)C)c2)cc1.[Cl-]. The summed E-state index contributed by atoms with van der Waals surface area (Å²) in [5, 5.41) is 12.3. The normalized spacial score (nSPS) is 12.0. The molecule has 0 aliphatic heterocycles. The lowest BCUT2D eigenvalue weighted by molar-refractivity contribution is -0.687. The van der Waals surface area contributed by atoms with E-state index in [4.69, 9.17) is 4.74 Å². The van der Waals surface area contributed by atoms with Crippen molar-refractivity contribution < 1.29 is 36.4 Å². The van der Waals surface area contributed by atoms with Gasteiger partial charge in [0.1, 0.15) is 18.9 Å². The van der Waals surface area contributed by atoms with Gasteiger partial charge < -0.3 is 27.6 Å². The van der Waals surface area contributed by atoms with Gasteiger partial charge in [0.15, 0.2) is 6.54 Å². The fourth-order valence-corrected chi connectivity index (χ4v) is 2.64. The summed E-state index contributed by atoms with van der Waals surface area (Å²) in [6.07, 6.45) is 5.56. The quantitative estimate of drug-likeness (QED) is 0.415. The van der Waals surface area contributed by atoms with Crippen molar-refractivity contribution in [2.24, 2.45) is 5.41 Å². The van der Waals surface area contributed by atoms with E-state index in [9.17, 15) is 14.7 Å². The molecule has 0 saturated carbocycles. The zero-order valence-electron chi connectivity index (χ0n) is 16.7. The van der Waals surface area contributed by atoms with E-state index < -0.39 is 0 Å². The van der Waals surface area contributed by atoms with Gasteiger partial charge in [-0.15, -0.1) is 0 Å². The molecule has 0 saturated heterocycles. The molecule has 1 aromatic heterocycles. The number of rotatable bonds is 7. The van der Waals surface area contributed by atoms with Crippen LogP contribution in [0.3, 0.4) is 0 Å². The Morgan fingerprint density at radius 2 is 1.89 bits per heavy atom. The molecule has 0 unspecified atom stereocenters. The Kier molecular flexibility index (Phi) is 8.65. The van der Waals surface area contributed by atoms with Crippen LogP contribution in [0.4, 0.5) is 0 Å². The Labute approximate surface area is 171 Å². The second kappa shape index (κ2) is 10.2. The molecule has 1 heterocycles. The predicted octanol–water partition coefficient (Wildman–Crippen LogP) is -1.86. The van der Waals surface area contributed by atoms with Crippen molar-refractivity contribution >= 4 is 11.9 Å². The second-order valence-electron chi connectivity index (χ2n) is 7.62. The zero-order chi connectivity index (χ0) is 20.0. The molecule has 7 nitrogen and oxygen atoms in total. The lowest BCUT2D eigenvalue weighted by Gasteiger charge is -2.29. The molecule has 154 valence electrons. The molecule has 0 aliphatic rings. The molecule has 28 heavy (non-hydrogen) atoms. The molecule has 2 aromatic rings. The Bertz CT molecular complexity index is 781. The van der Waals surface area contributed by atoms with Crippen molar-refractivity contribution in [2.75, 3.05) is 13.7 Å². The van der Waals surface area contributed by atoms with E-state index in [0.29, 0.717) is 12.1 Å². The van der Waals surface area contributed by atoms with Crippen molar-refractivity contribution in [3.63, 3.8) is 0 Å². The summed E-state index contributed by atoms with van der Waals surface area (Å²) in [5.74, 6) is -0.503. The molecule has 0 radical (unpaired) electrons. The maximum Gasteiger partial charge on any atom is 0.337 e. The average Bonchev–Trinajstić information content (AvgIpc) is 3.05. The van der Waals surface area contributed by atoms with Crippen molar-refractivity contribution in [1.82, 2.24) is 9.88 Å². The van der Waals surface area contributed by atoms with Crippen molar-refractivity contribution in [2.45, 2.75) is 39.9 Å². The summed E-state index contributed by atoms with van der Waals surface area (Å²) in [6, 6.07) is 6.92. The number of benzene rings is 1. The number of esters is 1. The summed E-state index contributed by atoms with van der Waals surface area (Å²) in [7, 11) is 1.36. The summed E-state index contributed by atoms with van der Waals surface area (Å²) >= 11 is 0. The summed E-state index contributed by atoms with van der Waals surface area (Å²) in [6.45, 7) is 6.64. The van der Waals surface area contributed by atoms with E-state index in [1.54, 1.807) is 16.7 Å². The molecular weight excluding hydrogens is 382 g/mol. The molecule has 2 N–H and O–H groups in total. The van der Waals surface area contributed by atoms with Gasteiger partial charge in [-0.25, -0.2) is 13.9 Å². The number of hydrogen-bond donors (Lipinski definition) is 2. The lowest BCUT2D eigenvalue weighted by Crippen LogP contribution is -3.00. The summed E-state index contributed by atoms with van der Waals surface area (Å²) in [5.41, 5.74) is 1.33. The van der Waals surface area contributed by atoms with E-state index in [0.717, 1.165) is 5.56 Å². The molecule has 0 aliphatic carbocycles. The Balaban J connectivity index is 0.00000392. The highest BCUT2D eigenvalue weighted by Gasteiger charge is 2.26. The van der Waals surface area contributed by atoms with Crippen LogP contribution in [0.1, 0.15) is 36.7 Å². The molecule has 0 fully saturated rings. The predicted molar refractivity (Wildman–Crippen MR) is 100.0 cm³/mol. The van der Waals surface area contributed by atoms with Gasteiger partial charge in [-0.3, -0.25) is 4.79 Å². The minimum Gasteiger partial charge on any atom is -1.00 e. The van der Waals surface area contributed by atoms with E-state index in [2.05, 4.69) is 5.32 Å². The highest BCUT2D eigenvalue weighted by atomic mass is 35.5. The van der Waals surface area contributed by atoms with Crippen molar-refractivity contribution in [3.8, 4) is 0 Å². The van der Waals surface area contributed by atoms with E-state index >= 15 is 0 Å². The number of aromatic nitrogens is 2. The van der Waals surface area contributed by atoms with Crippen LogP contribution in [0.15, 0.2) is 43.0 Å². The Morgan fingerprint density at radius 1 is 1.25 bits per heavy atom. The fraction of sp³-hybridized carbons (Fsp3) is 0.450. The maximum atomic E-state index is 12.2. The van der Waals surface area contributed by atoms with Gasteiger partial charge in [0.05, 0.1) is 25.3 Å². The number of nitrogens with one attached hydrogen (secondary N) is 1. The van der Waals surface area contributed by atoms with Crippen LogP contribution in [0, 0.1) is 5.41 Å². The number of imidazole rings is 1. The Hall–Kier alpha value is -2.38. The first-order chi connectivity index (χ1) is 12.7. The number of hydrogen-bond acceptors (Lipinski definition) is 4. The number of methoxy groups -OCH3 is 1. The number of amides is 1. The van der Waals surface area contributed by atoms with Gasteiger partial charge in [0.25, 0.3) is 5.91 Å². The second-order valence-corrected chi connectivity index (χ2v) is 7.62. The van der Waals surface area contributed by atoms with Gasteiger partial charge in [0.2, 0.25) is 6.33 Å². The van der Waals surface area contributed by atoms with Gasteiger partial charge in [0, 0.05) is 0 Å². The minimum absolute atomic E-state index is 0. The van der Waals surface area contributed by atoms with E-state index in [-0.39, 0.29) is 48.9 Å². The molecule has 1 atom stereocenters. The van der Waals surface area contributed by atoms with Crippen LogP contribution in [0.25, 0.3) is 0 Å². The van der Waals surface area contributed by atoms with Crippen LogP contribution in [-0.2, 0) is 22.6 Å². The van der Waals surface area contributed by atoms with Crippen molar-refractivity contribution in [3.05, 3.63) is 54.1 Å². The number of halogens is 1. The molecule has 1 amide bonds. The van der Waals surface area contributed by atoms with Gasteiger partial charge in [-0.05, 0) is 23.1 Å². The van der Waals surface area contributed by atoms with Crippen LogP contribution in [0.5, 0.6) is 0 Å². The number of carbonyl (C=O) groups is 2. The molecule has 2 rings (SSSR count). The summed E-state index contributed by atoms with van der Waals surface area (Å²) < 4.78 is 8.43. The minimum atomic E-state index is -0.359. The highest BCUT2D eigenvalue weighted by Crippen LogP contribution is 2.18. The van der Waals surface area contributed by atoms with Crippen LogP contribution in [-0.4, -0.2) is 41.3 Å². The topological polar surface area (TPSA) is 84.4 Å². The summed E-state index contributed by atoms with van der Waals surface area (Å²) in [4.78, 5) is 23.7.